The first-order valence-corrected chi connectivity index (χ1v) is 15.8. The maximum absolute atomic E-state index is 14.4. The maximum atomic E-state index is 14.4. The summed E-state index contributed by atoms with van der Waals surface area (Å²) in [4.78, 5) is 44.6. The van der Waals surface area contributed by atoms with Crippen LogP contribution in [-0.4, -0.2) is 45.7 Å². The summed E-state index contributed by atoms with van der Waals surface area (Å²) in [6.45, 7) is 16.8. The smallest absolute Gasteiger partial charge is 0.416 e. The second-order valence-corrected chi connectivity index (χ2v) is 14.9. The van der Waals surface area contributed by atoms with Gasteiger partial charge in [-0.1, -0.05) is 72.7 Å². The molecule has 3 atom stereocenters. The number of hydrogen-bond donors (Lipinski definition) is 2. The lowest BCUT2D eigenvalue weighted by Crippen LogP contribution is -2.47. The largest absolute Gasteiger partial charge is 0.481 e. The Bertz CT molecular complexity index is 1440. The van der Waals surface area contributed by atoms with Crippen molar-refractivity contribution in [3.8, 4) is 0 Å². The lowest BCUT2D eigenvalue weighted by atomic mass is 9.78. The number of carboxylic acid groups (broad SMARTS) is 1. The molecule has 2 N–H and O–H groups in total. The van der Waals surface area contributed by atoms with Crippen LogP contribution in [0.25, 0.3) is 0 Å². The van der Waals surface area contributed by atoms with E-state index >= 15 is 0 Å². The van der Waals surface area contributed by atoms with Crippen LogP contribution in [0.2, 0.25) is 0 Å². The first-order valence-electron chi connectivity index (χ1n) is 15.8. The van der Waals surface area contributed by atoms with E-state index in [1.54, 1.807) is 29.2 Å². The van der Waals surface area contributed by atoms with Crippen LogP contribution in [0, 0.1) is 16.7 Å². The van der Waals surface area contributed by atoms with Crippen LogP contribution in [0.4, 0.5) is 13.2 Å². The minimum Gasteiger partial charge on any atom is -0.481 e. The lowest BCUT2D eigenvalue weighted by Gasteiger charge is -2.41. The average Bonchev–Trinajstić information content (AvgIpc) is 3.21. The standard InChI is InChI=1S/C36H48F3N3O4/c1-23(34(5,6)7)16-20-35(8)41-30(26-10-9-11-27(22-26)36(37,38)39)32(46)42(35)28(17-19-33(2,3)4)24-12-14-25(15-13-24)31(45)40-21-18-29(43)44/h9-15,22-23,28H,16-21H2,1-8H3,(H,40,45)(H,43,44)/t23?,28-,35?/m1/s1. The molecule has 0 saturated heterocycles. The van der Waals surface area contributed by atoms with Crippen molar-refractivity contribution in [1.82, 2.24) is 10.2 Å². The summed E-state index contributed by atoms with van der Waals surface area (Å²) in [5, 5.41) is 11.5. The highest BCUT2D eigenvalue weighted by Gasteiger charge is 2.48. The zero-order valence-electron chi connectivity index (χ0n) is 28.2. The van der Waals surface area contributed by atoms with E-state index in [0.717, 1.165) is 30.5 Å². The maximum Gasteiger partial charge on any atom is 0.416 e. The number of carbonyl (C=O) groups is 3. The van der Waals surface area contributed by atoms with Gasteiger partial charge in [-0.25, -0.2) is 0 Å². The van der Waals surface area contributed by atoms with E-state index in [4.69, 9.17) is 10.1 Å². The van der Waals surface area contributed by atoms with Gasteiger partial charge >= 0.3 is 12.1 Å². The number of amides is 2. The molecule has 0 aliphatic carbocycles. The first kappa shape index (κ1) is 36.8. The molecule has 0 fully saturated rings. The van der Waals surface area contributed by atoms with Crippen LogP contribution >= 0.6 is 0 Å². The highest BCUT2D eigenvalue weighted by atomic mass is 19.4. The third-order valence-corrected chi connectivity index (χ3v) is 8.95. The monoisotopic (exact) mass is 643 g/mol. The fourth-order valence-corrected chi connectivity index (χ4v) is 5.54. The Kier molecular flexibility index (Phi) is 11.2. The van der Waals surface area contributed by atoms with E-state index < -0.39 is 41.2 Å². The molecule has 1 heterocycles. The van der Waals surface area contributed by atoms with Crippen LogP contribution in [0.3, 0.4) is 0 Å². The van der Waals surface area contributed by atoms with Crippen molar-refractivity contribution in [2.45, 2.75) is 105 Å². The molecule has 0 spiro atoms. The fourth-order valence-electron chi connectivity index (χ4n) is 5.54. The molecule has 0 radical (unpaired) electrons. The van der Waals surface area contributed by atoms with Gasteiger partial charge in [-0.3, -0.25) is 19.4 Å². The summed E-state index contributed by atoms with van der Waals surface area (Å²) in [5.74, 6) is -1.58. The average molecular weight is 644 g/mol. The summed E-state index contributed by atoms with van der Waals surface area (Å²) < 4.78 is 41.0. The zero-order valence-corrected chi connectivity index (χ0v) is 28.2. The molecule has 10 heteroatoms. The topological polar surface area (TPSA) is 99.1 Å². The van der Waals surface area contributed by atoms with Crippen molar-refractivity contribution in [2.75, 3.05) is 6.54 Å². The van der Waals surface area contributed by atoms with Crippen LogP contribution in [-0.2, 0) is 15.8 Å². The molecule has 2 unspecified atom stereocenters. The summed E-state index contributed by atoms with van der Waals surface area (Å²) in [6, 6.07) is 11.1. The van der Waals surface area contributed by atoms with E-state index in [9.17, 15) is 27.6 Å². The number of aliphatic imine (C=N–C) groups is 1. The van der Waals surface area contributed by atoms with Crippen molar-refractivity contribution in [2.24, 2.45) is 21.7 Å². The molecule has 3 rings (SSSR count). The van der Waals surface area contributed by atoms with E-state index in [1.165, 1.54) is 12.1 Å². The van der Waals surface area contributed by atoms with E-state index in [-0.39, 0.29) is 41.0 Å². The van der Waals surface area contributed by atoms with E-state index in [1.807, 2.05) is 6.92 Å². The summed E-state index contributed by atoms with van der Waals surface area (Å²) >= 11 is 0. The van der Waals surface area contributed by atoms with Crippen molar-refractivity contribution in [1.29, 1.82) is 0 Å². The fraction of sp³-hybridized carbons (Fsp3) is 0.556. The highest BCUT2D eigenvalue weighted by Crippen LogP contribution is 2.44. The first-order chi connectivity index (χ1) is 21.1. The molecular weight excluding hydrogens is 595 g/mol. The van der Waals surface area contributed by atoms with Gasteiger partial charge in [0, 0.05) is 17.7 Å². The Hall–Kier alpha value is -3.69. The second-order valence-electron chi connectivity index (χ2n) is 14.9. The Labute approximate surface area is 270 Å². The van der Waals surface area contributed by atoms with E-state index in [0.29, 0.717) is 18.4 Å². The number of benzene rings is 2. The van der Waals surface area contributed by atoms with Crippen LogP contribution in [0.5, 0.6) is 0 Å². The number of nitrogens with zero attached hydrogens (tertiary/aromatic N) is 2. The molecule has 0 bridgehead atoms. The lowest BCUT2D eigenvalue weighted by molar-refractivity contribution is -0.138. The molecule has 7 nitrogen and oxygen atoms in total. The van der Waals surface area contributed by atoms with E-state index in [2.05, 4.69) is 53.8 Å². The van der Waals surface area contributed by atoms with Gasteiger partial charge < -0.3 is 15.3 Å². The molecule has 252 valence electrons. The van der Waals surface area contributed by atoms with Gasteiger partial charge in [-0.05, 0) is 79.2 Å². The molecule has 0 saturated carbocycles. The predicted octanol–water partition coefficient (Wildman–Crippen LogP) is 8.29. The zero-order chi connectivity index (χ0) is 34.7. The Morgan fingerprint density at radius 1 is 1.00 bits per heavy atom. The summed E-state index contributed by atoms with van der Waals surface area (Å²) in [7, 11) is 0. The molecule has 1 aliphatic rings. The van der Waals surface area contributed by atoms with Crippen LogP contribution in [0.15, 0.2) is 53.5 Å². The SMILES string of the molecule is CC(CCC1(C)N=C(c2cccc(C(F)(F)F)c2)C(=O)N1[C@H](CCC(C)(C)C)c1ccc(C(=O)NCCC(=O)O)cc1)C(C)(C)C. The van der Waals surface area contributed by atoms with Gasteiger partial charge in [-0.15, -0.1) is 0 Å². The minimum absolute atomic E-state index is 0.00386. The normalized spacial score (nSPS) is 18.7. The number of carbonyl (C=O) groups excluding carboxylic acids is 2. The summed E-state index contributed by atoms with van der Waals surface area (Å²) in [6.07, 6.45) is -2.21. The number of alkyl halides is 3. The molecular formula is C36H48F3N3O4. The molecule has 2 aromatic rings. The van der Waals surface area contributed by atoms with Crippen molar-refractivity contribution in [3.63, 3.8) is 0 Å². The van der Waals surface area contributed by atoms with Gasteiger partial charge in [0.15, 0.2) is 0 Å². The van der Waals surface area contributed by atoms with Gasteiger partial charge in [0.05, 0.1) is 18.0 Å². The van der Waals surface area contributed by atoms with Gasteiger partial charge in [0.1, 0.15) is 11.4 Å². The molecule has 2 aromatic carbocycles. The predicted molar refractivity (Wildman–Crippen MR) is 174 cm³/mol. The Balaban J connectivity index is 2.08. The highest BCUT2D eigenvalue weighted by molar-refractivity contribution is 6.46. The van der Waals surface area contributed by atoms with Gasteiger partial charge in [0.2, 0.25) is 0 Å². The molecule has 0 aromatic heterocycles. The molecule has 2 amide bonds. The number of halogens is 3. The van der Waals surface area contributed by atoms with Gasteiger partial charge in [0.25, 0.3) is 11.8 Å². The number of rotatable bonds is 12. The number of aliphatic carboxylic acids is 1. The number of nitrogens with one attached hydrogen (secondary N) is 1. The second kappa shape index (κ2) is 14.0. The third kappa shape index (κ3) is 9.42. The Morgan fingerprint density at radius 3 is 2.17 bits per heavy atom. The van der Waals surface area contributed by atoms with Crippen molar-refractivity contribution >= 4 is 23.5 Å². The van der Waals surface area contributed by atoms with Gasteiger partial charge in [-0.2, -0.15) is 13.2 Å². The van der Waals surface area contributed by atoms with Crippen LogP contribution < -0.4 is 5.32 Å². The number of hydrogen-bond acceptors (Lipinski definition) is 4. The molecule has 46 heavy (non-hydrogen) atoms. The van der Waals surface area contributed by atoms with Crippen molar-refractivity contribution in [3.05, 3.63) is 70.8 Å². The van der Waals surface area contributed by atoms with Crippen molar-refractivity contribution < 1.29 is 32.7 Å². The number of carboxylic acids is 1. The molecule has 1 aliphatic heterocycles. The van der Waals surface area contributed by atoms with Crippen LogP contribution in [0.1, 0.15) is 121 Å². The summed E-state index contributed by atoms with van der Waals surface area (Å²) in [5.41, 5.74) is -0.697. The Morgan fingerprint density at radius 2 is 1.63 bits per heavy atom. The minimum atomic E-state index is -4.57. The quantitative estimate of drug-likeness (QED) is 0.243. The third-order valence-electron chi connectivity index (χ3n) is 8.95.